The molecule has 0 saturated carbocycles. The van der Waals surface area contributed by atoms with Gasteiger partial charge in [0.15, 0.2) is 11.5 Å². The van der Waals surface area contributed by atoms with Crippen LogP contribution in [-0.4, -0.2) is 29.7 Å². The lowest BCUT2D eigenvalue weighted by Crippen LogP contribution is -2.21. The van der Waals surface area contributed by atoms with Crippen LogP contribution in [0.2, 0.25) is 0 Å². The summed E-state index contributed by atoms with van der Waals surface area (Å²) in [6.45, 7) is 3.07. The summed E-state index contributed by atoms with van der Waals surface area (Å²) in [6.07, 6.45) is 2.23. The number of carbonyl (C=O) groups excluding carboxylic acids is 1. The fraction of sp³-hybridized carbons (Fsp3) is 0.312. The molecule has 2 rings (SSSR count). The monoisotopic (exact) mass is 362 g/mol. The van der Waals surface area contributed by atoms with Crippen LogP contribution >= 0.6 is 15.9 Å². The van der Waals surface area contributed by atoms with E-state index >= 15 is 0 Å². The number of para-hydroxylation sites is 1. The van der Waals surface area contributed by atoms with Gasteiger partial charge in [-0.05, 0) is 46.6 Å². The maximum absolute atomic E-state index is 12.2. The summed E-state index contributed by atoms with van der Waals surface area (Å²) < 4.78 is 0.826. The van der Waals surface area contributed by atoms with Crippen molar-refractivity contribution in [2.24, 2.45) is 0 Å². The molecule has 0 saturated heterocycles. The average Bonchev–Trinajstić information content (AvgIpc) is 2.55. The van der Waals surface area contributed by atoms with Crippen molar-refractivity contribution in [3.8, 4) is 0 Å². The molecule has 0 atom stereocenters. The Morgan fingerprint density at radius 1 is 1.23 bits per heavy atom. The van der Waals surface area contributed by atoms with E-state index in [1.807, 2.05) is 42.3 Å². The van der Waals surface area contributed by atoms with Crippen LogP contribution in [0.1, 0.15) is 30.3 Å². The molecule has 0 aliphatic heterocycles. The Kier molecular flexibility index (Phi) is 5.89. The highest BCUT2D eigenvalue weighted by molar-refractivity contribution is 9.10. The highest BCUT2D eigenvalue weighted by Gasteiger charge is 2.11. The van der Waals surface area contributed by atoms with Crippen LogP contribution < -0.4 is 10.2 Å². The molecule has 0 bridgehead atoms. The van der Waals surface area contributed by atoms with E-state index in [-0.39, 0.29) is 5.91 Å². The molecule has 1 aromatic carbocycles. The maximum Gasteiger partial charge on any atom is 0.276 e. The number of benzene rings is 1. The molecule has 0 aliphatic rings. The standard InChI is InChI=1S/C16H19BrN4O/c1-3-4-11-21(2)15-10-9-14(19-20-15)16(22)18-13-8-6-5-7-12(13)17/h5-10H,3-4,11H2,1-2H3,(H,18,22). The number of hydrogen-bond acceptors (Lipinski definition) is 4. The summed E-state index contributed by atoms with van der Waals surface area (Å²) in [5.74, 6) is 0.494. The fourth-order valence-electron chi connectivity index (χ4n) is 1.91. The molecule has 0 spiro atoms. The number of anilines is 2. The molecule has 0 unspecified atom stereocenters. The Bertz CT molecular complexity index is 630. The van der Waals surface area contributed by atoms with Crippen molar-refractivity contribution in [2.75, 3.05) is 23.8 Å². The van der Waals surface area contributed by atoms with Crippen LogP contribution in [0.15, 0.2) is 40.9 Å². The molecular formula is C16H19BrN4O. The minimum absolute atomic E-state index is 0.276. The van der Waals surface area contributed by atoms with Crippen LogP contribution in [0.4, 0.5) is 11.5 Å². The largest absolute Gasteiger partial charge is 0.358 e. The van der Waals surface area contributed by atoms with Crippen molar-refractivity contribution >= 4 is 33.3 Å². The highest BCUT2D eigenvalue weighted by Crippen LogP contribution is 2.21. The third kappa shape index (κ3) is 4.27. The number of nitrogens with one attached hydrogen (secondary N) is 1. The van der Waals surface area contributed by atoms with E-state index in [2.05, 4.69) is 38.4 Å². The second-order valence-corrected chi connectivity index (χ2v) is 5.84. The van der Waals surface area contributed by atoms with Crippen molar-refractivity contribution in [3.05, 3.63) is 46.6 Å². The fourth-order valence-corrected chi connectivity index (χ4v) is 2.29. The Hall–Kier alpha value is -1.95. The topological polar surface area (TPSA) is 58.1 Å². The van der Waals surface area contributed by atoms with Gasteiger partial charge in [0.25, 0.3) is 5.91 Å². The van der Waals surface area contributed by atoms with Crippen molar-refractivity contribution in [3.63, 3.8) is 0 Å². The van der Waals surface area contributed by atoms with E-state index in [1.54, 1.807) is 6.07 Å². The minimum atomic E-state index is -0.276. The van der Waals surface area contributed by atoms with Crippen LogP contribution in [0, 0.1) is 0 Å². The lowest BCUT2D eigenvalue weighted by Gasteiger charge is -2.16. The van der Waals surface area contributed by atoms with Gasteiger partial charge in [-0.25, -0.2) is 0 Å². The highest BCUT2D eigenvalue weighted by atomic mass is 79.9. The SMILES string of the molecule is CCCCN(C)c1ccc(C(=O)Nc2ccccc2Br)nn1. The number of aromatic nitrogens is 2. The molecule has 116 valence electrons. The van der Waals surface area contributed by atoms with Crippen LogP contribution in [0.3, 0.4) is 0 Å². The lowest BCUT2D eigenvalue weighted by molar-refractivity contribution is 0.102. The number of rotatable bonds is 6. The Balaban J connectivity index is 2.04. The summed E-state index contributed by atoms with van der Waals surface area (Å²) in [5, 5.41) is 10.9. The molecule has 0 fully saturated rings. The van der Waals surface area contributed by atoms with E-state index < -0.39 is 0 Å². The summed E-state index contributed by atoms with van der Waals surface area (Å²) in [6, 6.07) is 10.9. The zero-order valence-corrected chi connectivity index (χ0v) is 14.3. The first-order chi connectivity index (χ1) is 10.6. The van der Waals surface area contributed by atoms with Crippen molar-refractivity contribution in [2.45, 2.75) is 19.8 Å². The average molecular weight is 363 g/mol. The van der Waals surface area contributed by atoms with E-state index in [1.165, 1.54) is 0 Å². The number of nitrogens with zero attached hydrogens (tertiary/aromatic N) is 3. The zero-order chi connectivity index (χ0) is 15.9. The summed E-state index contributed by atoms with van der Waals surface area (Å²) in [5.41, 5.74) is 1.00. The van der Waals surface area contributed by atoms with Gasteiger partial charge >= 0.3 is 0 Å². The second kappa shape index (κ2) is 7.89. The summed E-state index contributed by atoms with van der Waals surface area (Å²) >= 11 is 3.39. The molecule has 2 aromatic rings. The molecule has 6 heteroatoms. The van der Waals surface area contributed by atoms with Gasteiger partial charge in [0.05, 0.1) is 5.69 Å². The molecule has 1 aromatic heterocycles. The molecule has 1 amide bonds. The van der Waals surface area contributed by atoms with Gasteiger partial charge in [0.2, 0.25) is 0 Å². The Morgan fingerprint density at radius 3 is 2.64 bits per heavy atom. The number of hydrogen-bond donors (Lipinski definition) is 1. The van der Waals surface area contributed by atoms with Crippen molar-refractivity contribution in [1.29, 1.82) is 0 Å². The molecule has 0 radical (unpaired) electrons. The van der Waals surface area contributed by atoms with Gasteiger partial charge in [-0.2, -0.15) is 0 Å². The first-order valence-corrected chi connectivity index (χ1v) is 8.02. The van der Waals surface area contributed by atoms with E-state index in [0.29, 0.717) is 11.4 Å². The van der Waals surface area contributed by atoms with Gasteiger partial charge < -0.3 is 10.2 Å². The number of unbranched alkanes of at least 4 members (excludes halogenated alkanes) is 1. The molecule has 0 aliphatic carbocycles. The van der Waals surface area contributed by atoms with Gasteiger partial charge in [-0.15, -0.1) is 10.2 Å². The minimum Gasteiger partial charge on any atom is -0.358 e. The van der Waals surface area contributed by atoms with E-state index in [9.17, 15) is 4.79 Å². The maximum atomic E-state index is 12.2. The number of carbonyl (C=O) groups is 1. The predicted molar refractivity (Wildman–Crippen MR) is 92.3 cm³/mol. The van der Waals surface area contributed by atoms with Crippen LogP contribution in [0.5, 0.6) is 0 Å². The second-order valence-electron chi connectivity index (χ2n) is 4.99. The number of halogens is 1. The third-order valence-electron chi connectivity index (χ3n) is 3.24. The molecule has 1 N–H and O–H groups in total. The van der Waals surface area contributed by atoms with Crippen LogP contribution in [-0.2, 0) is 0 Å². The Labute approximate surface area is 138 Å². The summed E-state index contributed by atoms with van der Waals surface area (Å²) in [7, 11) is 1.97. The quantitative estimate of drug-likeness (QED) is 0.850. The molecule has 5 nitrogen and oxygen atoms in total. The van der Waals surface area contributed by atoms with Crippen molar-refractivity contribution < 1.29 is 4.79 Å². The smallest absolute Gasteiger partial charge is 0.276 e. The molecule has 1 heterocycles. The lowest BCUT2D eigenvalue weighted by atomic mass is 10.3. The first kappa shape index (κ1) is 16.4. The number of amides is 1. The predicted octanol–water partition coefficient (Wildman–Crippen LogP) is 3.73. The molecule has 22 heavy (non-hydrogen) atoms. The zero-order valence-electron chi connectivity index (χ0n) is 12.7. The van der Waals surface area contributed by atoms with Gasteiger partial charge in [-0.1, -0.05) is 25.5 Å². The van der Waals surface area contributed by atoms with E-state index in [0.717, 1.165) is 29.7 Å². The first-order valence-electron chi connectivity index (χ1n) is 7.22. The van der Waals surface area contributed by atoms with Gasteiger partial charge in [0, 0.05) is 18.1 Å². The van der Waals surface area contributed by atoms with Gasteiger partial charge in [0.1, 0.15) is 0 Å². The van der Waals surface area contributed by atoms with Crippen molar-refractivity contribution in [1.82, 2.24) is 10.2 Å². The summed E-state index contributed by atoms with van der Waals surface area (Å²) in [4.78, 5) is 14.2. The van der Waals surface area contributed by atoms with Crippen LogP contribution in [0.25, 0.3) is 0 Å². The molecular weight excluding hydrogens is 344 g/mol. The normalized spacial score (nSPS) is 10.3. The van der Waals surface area contributed by atoms with Gasteiger partial charge in [-0.3, -0.25) is 4.79 Å². The van der Waals surface area contributed by atoms with E-state index in [4.69, 9.17) is 0 Å². The third-order valence-corrected chi connectivity index (χ3v) is 3.93. The Morgan fingerprint density at radius 2 is 2.00 bits per heavy atom.